The third kappa shape index (κ3) is 4.06. The predicted molar refractivity (Wildman–Crippen MR) is 73.7 cm³/mol. The maximum absolute atomic E-state index is 11.5. The lowest BCUT2D eigenvalue weighted by Crippen LogP contribution is -2.23. The first-order valence-corrected chi connectivity index (χ1v) is 6.32. The lowest BCUT2D eigenvalue weighted by Gasteiger charge is -2.25. The van der Waals surface area contributed by atoms with Crippen LogP contribution < -0.4 is 0 Å². The van der Waals surface area contributed by atoms with Gasteiger partial charge in [0.05, 0.1) is 0 Å². The molecule has 0 aromatic heterocycles. The molecule has 0 fully saturated rings. The molecular weight excluding hydrogens is 226 g/mol. The van der Waals surface area contributed by atoms with Crippen LogP contribution >= 0.6 is 0 Å². The molecule has 0 atom stereocenters. The molecule has 0 heterocycles. The van der Waals surface area contributed by atoms with Crippen molar-refractivity contribution in [3.8, 4) is 5.75 Å². The number of rotatable bonds is 5. The van der Waals surface area contributed by atoms with Crippen molar-refractivity contribution in [1.29, 1.82) is 0 Å². The number of phenols is 1. The van der Waals surface area contributed by atoms with Gasteiger partial charge in [0.25, 0.3) is 0 Å². The summed E-state index contributed by atoms with van der Waals surface area (Å²) in [6.07, 6.45) is 2.43. The molecule has 1 N–H and O–H groups in total. The summed E-state index contributed by atoms with van der Waals surface area (Å²) in [5.41, 5.74) is 1.22. The number of hydrogen-bond acceptors (Lipinski definition) is 2. The molecule has 1 aromatic rings. The highest BCUT2D eigenvalue weighted by Crippen LogP contribution is 2.30. The molecule has 100 valence electrons. The molecule has 0 spiro atoms. The van der Waals surface area contributed by atoms with Gasteiger partial charge in [-0.25, -0.2) is 0 Å². The largest absolute Gasteiger partial charge is 0.508 e. The molecule has 0 saturated heterocycles. The summed E-state index contributed by atoms with van der Waals surface area (Å²) in [4.78, 5) is 13.1. The van der Waals surface area contributed by atoms with Crippen LogP contribution in [0.2, 0.25) is 0 Å². The Labute approximate surface area is 109 Å². The van der Waals surface area contributed by atoms with Gasteiger partial charge in [-0.1, -0.05) is 26.0 Å². The van der Waals surface area contributed by atoms with E-state index >= 15 is 0 Å². The van der Waals surface area contributed by atoms with Gasteiger partial charge < -0.3 is 10.0 Å². The average Bonchev–Trinajstić information content (AvgIpc) is 2.29. The Hall–Kier alpha value is -1.51. The number of hydrogen-bond donors (Lipinski definition) is 1. The van der Waals surface area contributed by atoms with E-state index in [-0.39, 0.29) is 17.1 Å². The Balaban J connectivity index is 2.54. The zero-order chi connectivity index (χ0) is 13.8. The first kappa shape index (κ1) is 14.6. The fraction of sp³-hybridized carbons (Fsp3) is 0.533. The van der Waals surface area contributed by atoms with Crippen molar-refractivity contribution in [2.75, 3.05) is 14.1 Å². The monoisotopic (exact) mass is 249 g/mol. The van der Waals surface area contributed by atoms with Crippen LogP contribution in [-0.4, -0.2) is 30.0 Å². The lowest BCUT2D eigenvalue weighted by molar-refractivity contribution is -0.128. The zero-order valence-electron chi connectivity index (χ0n) is 11.7. The van der Waals surface area contributed by atoms with Gasteiger partial charge in [-0.05, 0) is 36.0 Å². The standard InChI is InChI=1S/C15H23NO2/c1-15(2,11-5-6-14(18)16(3)4)12-7-9-13(17)10-8-12/h7-10,17H,5-6,11H2,1-4H3. The summed E-state index contributed by atoms with van der Waals surface area (Å²) < 4.78 is 0. The predicted octanol–water partition coefficient (Wildman–Crippen LogP) is 2.93. The SMILES string of the molecule is CN(C)C(=O)CCCC(C)(C)c1ccc(O)cc1. The van der Waals surface area contributed by atoms with E-state index in [0.717, 1.165) is 12.8 Å². The molecule has 0 saturated carbocycles. The highest BCUT2D eigenvalue weighted by atomic mass is 16.3. The van der Waals surface area contributed by atoms with Gasteiger partial charge in [-0.3, -0.25) is 4.79 Å². The van der Waals surface area contributed by atoms with E-state index in [4.69, 9.17) is 0 Å². The summed E-state index contributed by atoms with van der Waals surface area (Å²) in [6.45, 7) is 4.33. The smallest absolute Gasteiger partial charge is 0.222 e. The molecule has 1 amide bonds. The van der Waals surface area contributed by atoms with Crippen molar-refractivity contribution >= 4 is 5.91 Å². The van der Waals surface area contributed by atoms with Crippen molar-refractivity contribution in [3.63, 3.8) is 0 Å². The molecule has 0 bridgehead atoms. The van der Waals surface area contributed by atoms with E-state index in [1.807, 2.05) is 12.1 Å². The maximum Gasteiger partial charge on any atom is 0.222 e. The number of nitrogens with zero attached hydrogens (tertiary/aromatic N) is 1. The Morgan fingerprint density at radius 2 is 1.78 bits per heavy atom. The Morgan fingerprint density at radius 1 is 1.22 bits per heavy atom. The molecule has 0 aliphatic heterocycles. The first-order valence-electron chi connectivity index (χ1n) is 6.32. The van der Waals surface area contributed by atoms with Gasteiger partial charge in [0.1, 0.15) is 5.75 Å². The Bertz CT molecular complexity index is 393. The summed E-state index contributed by atoms with van der Waals surface area (Å²) in [5, 5.41) is 9.28. The number of benzene rings is 1. The van der Waals surface area contributed by atoms with Crippen LogP contribution in [0.4, 0.5) is 0 Å². The van der Waals surface area contributed by atoms with Gasteiger partial charge in [-0.2, -0.15) is 0 Å². The van der Waals surface area contributed by atoms with Crippen molar-refractivity contribution in [3.05, 3.63) is 29.8 Å². The molecule has 3 heteroatoms. The summed E-state index contributed by atoms with van der Waals surface area (Å²) in [7, 11) is 3.57. The molecule has 0 aliphatic carbocycles. The van der Waals surface area contributed by atoms with Crippen molar-refractivity contribution < 1.29 is 9.90 Å². The fourth-order valence-electron chi connectivity index (χ4n) is 1.96. The van der Waals surface area contributed by atoms with Gasteiger partial charge in [0.2, 0.25) is 5.91 Å². The van der Waals surface area contributed by atoms with Crippen LogP contribution in [0.1, 0.15) is 38.7 Å². The van der Waals surface area contributed by atoms with Gasteiger partial charge in [0.15, 0.2) is 0 Å². The zero-order valence-corrected chi connectivity index (χ0v) is 11.7. The molecule has 3 nitrogen and oxygen atoms in total. The normalized spacial score (nSPS) is 11.3. The molecule has 1 rings (SSSR count). The van der Waals surface area contributed by atoms with Crippen LogP contribution in [0.15, 0.2) is 24.3 Å². The number of carbonyl (C=O) groups is 1. The number of phenolic OH excluding ortho intramolecular Hbond substituents is 1. The highest BCUT2D eigenvalue weighted by Gasteiger charge is 2.20. The Morgan fingerprint density at radius 3 is 2.28 bits per heavy atom. The second-order valence-corrected chi connectivity index (χ2v) is 5.57. The molecular formula is C15H23NO2. The van der Waals surface area contributed by atoms with E-state index in [1.165, 1.54) is 5.56 Å². The molecule has 0 unspecified atom stereocenters. The molecule has 0 aliphatic rings. The van der Waals surface area contributed by atoms with Crippen molar-refractivity contribution in [2.45, 2.75) is 38.5 Å². The van der Waals surface area contributed by atoms with E-state index < -0.39 is 0 Å². The van der Waals surface area contributed by atoms with Crippen LogP contribution in [0.25, 0.3) is 0 Å². The molecule has 18 heavy (non-hydrogen) atoms. The van der Waals surface area contributed by atoms with E-state index in [9.17, 15) is 9.90 Å². The minimum absolute atomic E-state index is 0.0281. The summed E-state index contributed by atoms with van der Waals surface area (Å²) >= 11 is 0. The fourth-order valence-corrected chi connectivity index (χ4v) is 1.96. The first-order chi connectivity index (χ1) is 8.33. The van der Waals surface area contributed by atoms with Gasteiger partial charge >= 0.3 is 0 Å². The van der Waals surface area contributed by atoms with Crippen LogP contribution in [0, 0.1) is 0 Å². The lowest BCUT2D eigenvalue weighted by atomic mass is 9.80. The summed E-state index contributed by atoms with van der Waals surface area (Å²) in [6, 6.07) is 7.32. The second kappa shape index (κ2) is 5.89. The molecule has 0 radical (unpaired) electrons. The van der Waals surface area contributed by atoms with Crippen molar-refractivity contribution in [2.24, 2.45) is 0 Å². The third-order valence-electron chi connectivity index (χ3n) is 3.34. The maximum atomic E-state index is 11.5. The quantitative estimate of drug-likeness (QED) is 0.871. The minimum atomic E-state index is 0.0281. The highest BCUT2D eigenvalue weighted by molar-refractivity contribution is 5.75. The van der Waals surface area contributed by atoms with E-state index in [0.29, 0.717) is 6.42 Å². The number of carbonyl (C=O) groups excluding carboxylic acids is 1. The van der Waals surface area contributed by atoms with Crippen LogP contribution in [-0.2, 0) is 10.2 Å². The van der Waals surface area contributed by atoms with E-state index in [1.54, 1.807) is 31.1 Å². The number of aromatic hydroxyl groups is 1. The average molecular weight is 249 g/mol. The van der Waals surface area contributed by atoms with Crippen LogP contribution in [0.3, 0.4) is 0 Å². The second-order valence-electron chi connectivity index (χ2n) is 5.57. The van der Waals surface area contributed by atoms with E-state index in [2.05, 4.69) is 13.8 Å². The van der Waals surface area contributed by atoms with Crippen molar-refractivity contribution in [1.82, 2.24) is 4.90 Å². The third-order valence-corrected chi connectivity index (χ3v) is 3.34. The Kier molecular flexibility index (Phi) is 4.76. The molecule has 1 aromatic carbocycles. The van der Waals surface area contributed by atoms with Gasteiger partial charge in [-0.15, -0.1) is 0 Å². The topological polar surface area (TPSA) is 40.5 Å². The number of amides is 1. The summed E-state index contributed by atoms with van der Waals surface area (Å²) in [5.74, 6) is 0.467. The van der Waals surface area contributed by atoms with Gasteiger partial charge in [0, 0.05) is 20.5 Å². The minimum Gasteiger partial charge on any atom is -0.508 e. The van der Waals surface area contributed by atoms with Crippen LogP contribution in [0.5, 0.6) is 5.75 Å².